The molecule has 0 amide bonds. The molecule has 16 heavy (non-hydrogen) atoms. The number of phenolic OH excluding ortho intramolecular Hbond substituents is 1. The second-order valence-corrected chi connectivity index (χ2v) is 4.57. The molecule has 0 radical (unpaired) electrons. The maximum absolute atomic E-state index is 9.44. The van der Waals surface area contributed by atoms with Crippen LogP contribution >= 0.6 is 15.9 Å². The van der Waals surface area contributed by atoms with Gasteiger partial charge in [-0.2, -0.15) is 0 Å². The number of benzene rings is 2. The highest BCUT2D eigenvalue weighted by molar-refractivity contribution is 9.10. The Kier molecular flexibility index (Phi) is 3.30. The van der Waals surface area contributed by atoms with Gasteiger partial charge in [0.1, 0.15) is 5.75 Å². The smallest absolute Gasteiger partial charge is 0.129 e. The Morgan fingerprint density at radius 3 is 2.50 bits per heavy atom. The molecule has 0 atom stereocenters. The Morgan fingerprint density at radius 1 is 1.06 bits per heavy atom. The molecule has 0 saturated carbocycles. The van der Waals surface area contributed by atoms with Crippen LogP contribution in [0.25, 0.3) is 11.1 Å². The highest BCUT2D eigenvalue weighted by Crippen LogP contribution is 2.30. The zero-order chi connectivity index (χ0) is 11.5. The lowest BCUT2D eigenvalue weighted by atomic mass is 10.0. The minimum Gasteiger partial charge on any atom is -0.507 e. The average molecular weight is 277 g/mol. The van der Waals surface area contributed by atoms with E-state index < -0.39 is 0 Å². The van der Waals surface area contributed by atoms with Gasteiger partial charge in [0.25, 0.3) is 0 Å². The van der Waals surface area contributed by atoms with Crippen molar-refractivity contribution in [2.75, 3.05) is 0 Å². The highest BCUT2D eigenvalue weighted by Gasteiger charge is 2.02. The van der Waals surface area contributed by atoms with E-state index in [1.54, 1.807) is 6.07 Å². The molecule has 0 aliphatic heterocycles. The Hall–Kier alpha value is -1.28. The van der Waals surface area contributed by atoms with Crippen molar-refractivity contribution in [1.82, 2.24) is 0 Å². The normalized spacial score (nSPS) is 10.4. The summed E-state index contributed by atoms with van der Waals surface area (Å²) < 4.78 is 0.729. The quantitative estimate of drug-likeness (QED) is 0.863. The fraction of sp³-hybridized carbons (Fsp3) is 0.143. The molecular weight excluding hydrogens is 264 g/mol. The van der Waals surface area contributed by atoms with Crippen LogP contribution in [0.5, 0.6) is 5.75 Å². The molecule has 0 bridgehead atoms. The molecule has 0 aliphatic rings. The lowest BCUT2D eigenvalue weighted by molar-refractivity contribution is 0.472. The summed E-state index contributed by atoms with van der Waals surface area (Å²) in [6.45, 7) is 2.14. The predicted octanol–water partition coefficient (Wildman–Crippen LogP) is 4.38. The third-order valence-corrected chi connectivity index (χ3v) is 3.25. The van der Waals surface area contributed by atoms with Crippen molar-refractivity contribution < 1.29 is 5.11 Å². The van der Waals surface area contributed by atoms with Gasteiger partial charge >= 0.3 is 0 Å². The molecule has 2 aromatic rings. The monoisotopic (exact) mass is 276 g/mol. The largest absolute Gasteiger partial charge is 0.507 e. The molecule has 2 aromatic carbocycles. The van der Waals surface area contributed by atoms with Crippen molar-refractivity contribution in [3.63, 3.8) is 0 Å². The van der Waals surface area contributed by atoms with Crippen LogP contribution in [-0.4, -0.2) is 5.11 Å². The molecule has 2 heteroatoms. The summed E-state index contributed by atoms with van der Waals surface area (Å²) >= 11 is 3.33. The first-order valence-corrected chi connectivity index (χ1v) is 6.08. The second-order valence-electron chi connectivity index (χ2n) is 3.72. The van der Waals surface area contributed by atoms with Gasteiger partial charge in [-0.3, -0.25) is 0 Å². The van der Waals surface area contributed by atoms with E-state index in [1.165, 1.54) is 11.1 Å². The van der Waals surface area contributed by atoms with Crippen molar-refractivity contribution in [1.29, 1.82) is 0 Å². The van der Waals surface area contributed by atoms with Crippen molar-refractivity contribution in [2.45, 2.75) is 13.3 Å². The molecule has 0 saturated heterocycles. The summed E-state index contributed by atoms with van der Waals surface area (Å²) in [5, 5.41) is 9.44. The van der Waals surface area contributed by atoms with Gasteiger partial charge in [0.15, 0.2) is 0 Å². The second kappa shape index (κ2) is 4.71. The number of halogens is 1. The van der Waals surface area contributed by atoms with Gasteiger partial charge < -0.3 is 5.11 Å². The van der Waals surface area contributed by atoms with Crippen molar-refractivity contribution >= 4 is 15.9 Å². The summed E-state index contributed by atoms with van der Waals surface area (Å²) in [5.74, 6) is 0.274. The molecule has 1 N–H and O–H groups in total. The molecule has 0 heterocycles. The number of aryl methyl sites for hydroxylation is 1. The highest BCUT2D eigenvalue weighted by atomic mass is 79.9. The molecule has 0 aliphatic carbocycles. The van der Waals surface area contributed by atoms with Crippen LogP contribution in [0.3, 0.4) is 0 Å². The van der Waals surface area contributed by atoms with E-state index in [1.807, 2.05) is 12.1 Å². The predicted molar refractivity (Wildman–Crippen MR) is 70.6 cm³/mol. The molecule has 2 rings (SSSR count). The summed E-state index contributed by atoms with van der Waals surface area (Å²) in [7, 11) is 0. The standard InChI is InChI=1S/C14H13BrO/c1-2-10-4-3-5-11(8-10)12-6-7-14(16)13(15)9-12/h3-9,16H,2H2,1H3. The van der Waals surface area contributed by atoms with Crippen LogP contribution in [0.1, 0.15) is 12.5 Å². The van der Waals surface area contributed by atoms with Crippen LogP contribution in [0, 0.1) is 0 Å². The van der Waals surface area contributed by atoms with E-state index in [0.717, 1.165) is 16.5 Å². The summed E-state index contributed by atoms with van der Waals surface area (Å²) in [6, 6.07) is 14.0. The van der Waals surface area contributed by atoms with E-state index in [0.29, 0.717) is 0 Å². The van der Waals surface area contributed by atoms with Crippen LogP contribution in [0.15, 0.2) is 46.9 Å². The molecule has 0 spiro atoms. The lowest BCUT2D eigenvalue weighted by Crippen LogP contribution is -1.83. The number of hydrogen-bond donors (Lipinski definition) is 1. The average Bonchev–Trinajstić information content (AvgIpc) is 2.33. The Labute approximate surface area is 104 Å². The Morgan fingerprint density at radius 2 is 1.81 bits per heavy atom. The Balaban J connectivity index is 2.46. The minimum atomic E-state index is 0.274. The fourth-order valence-corrected chi connectivity index (χ4v) is 2.04. The maximum atomic E-state index is 9.44. The van der Waals surface area contributed by atoms with Gasteiger partial charge in [-0.1, -0.05) is 37.3 Å². The lowest BCUT2D eigenvalue weighted by Gasteiger charge is -2.05. The van der Waals surface area contributed by atoms with E-state index in [4.69, 9.17) is 0 Å². The van der Waals surface area contributed by atoms with E-state index >= 15 is 0 Å². The number of phenols is 1. The SMILES string of the molecule is CCc1cccc(-c2ccc(O)c(Br)c2)c1. The van der Waals surface area contributed by atoms with E-state index in [2.05, 4.69) is 47.1 Å². The molecule has 1 nitrogen and oxygen atoms in total. The zero-order valence-electron chi connectivity index (χ0n) is 9.07. The summed E-state index contributed by atoms with van der Waals surface area (Å²) in [6.07, 6.45) is 1.03. The van der Waals surface area contributed by atoms with Gasteiger partial charge in [-0.25, -0.2) is 0 Å². The fourth-order valence-electron chi connectivity index (χ4n) is 1.66. The van der Waals surface area contributed by atoms with Crippen molar-refractivity contribution in [3.8, 4) is 16.9 Å². The first-order valence-electron chi connectivity index (χ1n) is 5.28. The molecular formula is C14H13BrO. The first kappa shape index (κ1) is 11.2. The third-order valence-electron chi connectivity index (χ3n) is 2.62. The minimum absolute atomic E-state index is 0.274. The number of aromatic hydroxyl groups is 1. The molecule has 82 valence electrons. The zero-order valence-corrected chi connectivity index (χ0v) is 10.7. The van der Waals surface area contributed by atoms with Gasteiger partial charge in [0.2, 0.25) is 0 Å². The van der Waals surface area contributed by atoms with Gasteiger partial charge in [-0.15, -0.1) is 0 Å². The number of rotatable bonds is 2. The van der Waals surface area contributed by atoms with Crippen LogP contribution < -0.4 is 0 Å². The van der Waals surface area contributed by atoms with Gasteiger partial charge in [0.05, 0.1) is 4.47 Å². The van der Waals surface area contributed by atoms with Gasteiger partial charge in [0, 0.05) is 0 Å². The first-order chi connectivity index (χ1) is 7.70. The van der Waals surface area contributed by atoms with Crippen molar-refractivity contribution in [3.05, 3.63) is 52.5 Å². The van der Waals surface area contributed by atoms with Crippen LogP contribution in [-0.2, 0) is 6.42 Å². The topological polar surface area (TPSA) is 20.2 Å². The summed E-state index contributed by atoms with van der Waals surface area (Å²) in [5.41, 5.74) is 3.61. The molecule has 0 unspecified atom stereocenters. The van der Waals surface area contributed by atoms with Crippen molar-refractivity contribution in [2.24, 2.45) is 0 Å². The van der Waals surface area contributed by atoms with E-state index in [-0.39, 0.29) is 5.75 Å². The van der Waals surface area contributed by atoms with Crippen LogP contribution in [0.2, 0.25) is 0 Å². The van der Waals surface area contributed by atoms with E-state index in [9.17, 15) is 5.11 Å². The molecule has 0 fully saturated rings. The van der Waals surface area contributed by atoms with Crippen LogP contribution in [0.4, 0.5) is 0 Å². The summed E-state index contributed by atoms with van der Waals surface area (Å²) in [4.78, 5) is 0. The maximum Gasteiger partial charge on any atom is 0.129 e. The third kappa shape index (κ3) is 2.27. The molecule has 0 aromatic heterocycles. The number of hydrogen-bond acceptors (Lipinski definition) is 1. The Bertz CT molecular complexity index is 506. The van der Waals surface area contributed by atoms with Gasteiger partial charge in [-0.05, 0) is 51.2 Å².